The van der Waals surface area contributed by atoms with Gasteiger partial charge in [-0.25, -0.2) is 4.79 Å². The SMILES string of the molecule is C[C@@H](C(=O)OCC(=O)c1cccc(Br)c1)N1C(=O)c2ccccc2C1=O. The lowest BCUT2D eigenvalue weighted by Crippen LogP contribution is -2.44. The lowest BCUT2D eigenvalue weighted by Gasteiger charge is -2.20. The topological polar surface area (TPSA) is 80.8 Å². The van der Waals surface area contributed by atoms with Gasteiger partial charge in [0.15, 0.2) is 12.4 Å². The molecule has 26 heavy (non-hydrogen) atoms. The lowest BCUT2D eigenvalue weighted by atomic mass is 10.1. The Morgan fingerprint density at radius 1 is 1.04 bits per heavy atom. The molecule has 7 heteroatoms. The van der Waals surface area contributed by atoms with E-state index in [0.717, 1.165) is 9.37 Å². The van der Waals surface area contributed by atoms with Crippen LogP contribution in [0.25, 0.3) is 0 Å². The zero-order chi connectivity index (χ0) is 18.8. The van der Waals surface area contributed by atoms with Gasteiger partial charge in [0.25, 0.3) is 11.8 Å². The van der Waals surface area contributed by atoms with E-state index in [1.54, 1.807) is 36.4 Å². The Morgan fingerprint density at radius 3 is 2.23 bits per heavy atom. The Balaban J connectivity index is 1.66. The van der Waals surface area contributed by atoms with Gasteiger partial charge >= 0.3 is 5.97 Å². The number of halogens is 1. The number of ketones is 1. The van der Waals surface area contributed by atoms with Gasteiger partial charge in [0, 0.05) is 10.0 Å². The summed E-state index contributed by atoms with van der Waals surface area (Å²) in [5.41, 5.74) is 0.894. The number of rotatable bonds is 5. The molecule has 0 N–H and O–H groups in total. The van der Waals surface area contributed by atoms with Crippen LogP contribution < -0.4 is 0 Å². The molecule has 1 heterocycles. The minimum atomic E-state index is -1.13. The van der Waals surface area contributed by atoms with Gasteiger partial charge in [0.1, 0.15) is 6.04 Å². The van der Waals surface area contributed by atoms with E-state index in [-0.39, 0.29) is 16.9 Å². The Labute approximate surface area is 157 Å². The number of imide groups is 1. The maximum absolute atomic E-state index is 12.4. The first-order chi connectivity index (χ1) is 12.4. The largest absolute Gasteiger partial charge is 0.456 e. The number of amides is 2. The Bertz CT molecular complexity index is 889. The number of carbonyl (C=O) groups excluding carboxylic acids is 4. The molecular formula is C19H14BrNO5. The molecule has 0 radical (unpaired) electrons. The fraction of sp³-hybridized carbons (Fsp3) is 0.158. The average Bonchev–Trinajstić information content (AvgIpc) is 2.90. The van der Waals surface area contributed by atoms with Crippen molar-refractivity contribution in [2.24, 2.45) is 0 Å². The third kappa shape index (κ3) is 3.30. The van der Waals surface area contributed by atoms with Crippen LogP contribution in [-0.2, 0) is 9.53 Å². The summed E-state index contributed by atoms with van der Waals surface area (Å²) in [5, 5.41) is 0. The third-order valence-corrected chi connectivity index (χ3v) is 4.54. The van der Waals surface area contributed by atoms with Gasteiger partial charge in [-0.1, -0.05) is 40.2 Å². The van der Waals surface area contributed by atoms with Crippen molar-refractivity contribution in [2.75, 3.05) is 6.61 Å². The minimum Gasteiger partial charge on any atom is -0.456 e. The van der Waals surface area contributed by atoms with Gasteiger partial charge in [-0.05, 0) is 31.2 Å². The van der Waals surface area contributed by atoms with E-state index in [0.29, 0.717) is 5.56 Å². The van der Waals surface area contributed by atoms with Gasteiger partial charge in [-0.15, -0.1) is 0 Å². The smallest absolute Gasteiger partial charge is 0.329 e. The van der Waals surface area contributed by atoms with Crippen molar-refractivity contribution in [1.29, 1.82) is 0 Å². The van der Waals surface area contributed by atoms with E-state index < -0.39 is 30.4 Å². The predicted molar refractivity (Wildman–Crippen MR) is 95.8 cm³/mol. The highest BCUT2D eigenvalue weighted by Gasteiger charge is 2.41. The van der Waals surface area contributed by atoms with Crippen LogP contribution in [0.3, 0.4) is 0 Å². The highest BCUT2D eigenvalue weighted by atomic mass is 79.9. The van der Waals surface area contributed by atoms with Crippen LogP contribution in [0.15, 0.2) is 53.0 Å². The number of nitrogens with zero attached hydrogens (tertiary/aromatic N) is 1. The van der Waals surface area contributed by atoms with Crippen LogP contribution in [0.4, 0.5) is 0 Å². The first-order valence-corrected chi connectivity index (χ1v) is 8.61. The van der Waals surface area contributed by atoms with Crippen LogP contribution in [0.5, 0.6) is 0 Å². The molecule has 0 fully saturated rings. The molecule has 1 aliphatic heterocycles. The second kappa shape index (κ2) is 7.21. The first-order valence-electron chi connectivity index (χ1n) is 7.82. The molecule has 0 unspecified atom stereocenters. The average molecular weight is 416 g/mol. The number of carbonyl (C=O) groups is 4. The molecule has 1 aliphatic rings. The highest BCUT2D eigenvalue weighted by Crippen LogP contribution is 2.24. The molecule has 0 aliphatic carbocycles. The summed E-state index contributed by atoms with van der Waals surface area (Å²) in [7, 11) is 0. The monoisotopic (exact) mass is 415 g/mol. The molecule has 132 valence electrons. The molecule has 2 aromatic rings. The van der Waals surface area contributed by atoms with Crippen LogP contribution in [0.1, 0.15) is 38.0 Å². The number of fused-ring (bicyclic) bond motifs is 1. The minimum absolute atomic E-state index is 0.252. The molecular weight excluding hydrogens is 402 g/mol. The van der Waals surface area contributed by atoms with Crippen molar-refractivity contribution in [2.45, 2.75) is 13.0 Å². The summed E-state index contributed by atoms with van der Waals surface area (Å²) in [6.07, 6.45) is 0. The zero-order valence-corrected chi connectivity index (χ0v) is 15.4. The van der Waals surface area contributed by atoms with E-state index in [1.165, 1.54) is 19.1 Å². The first kappa shape index (κ1) is 18.0. The van der Waals surface area contributed by atoms with Crippen molar-refractivity contribution >= 4 is 39.5 Å². The molecule has 0 saturated heterocycles. The molecule has 2 amide bonds. The summed E-state index contributed by atoms with van der Waals surface area (Å²) in [6.45, 7) is 0.927. The number of esters is 1. The molecule has 3 rings (SSSR count). The molecule has 2 aromatic carbocycles. The van der Waals surface area contributed by atoms with Crippen molar-refractivity contribution in [1.82, 2.24) is 4.90 Å². The zero-order valence-electron chi connectivity index (χ0n) is 13.8. The van der Waals surface area contributed by atoms with Crippen molar-refractivity contribution in [3.05, 3.63) is 69.7 Å². The fourth-order valence-corrected chi connectivity index (χ4v) is 3.07. The lowest BCUT2D eigenvalue weighted by molar-refractivity contribution is -0.146. The van der Waals surface area contributed by atoms with E-state index in [1.807, 2.05) is 0 Å². The molecule has 0 saturated carbocycles. The predicted octanol–water partition coefficient (Wildman–Crippen LogP) is 2.86. The number of ether oxygens (including phenoxy) is 1. The second-order valence-corrected chi connectivity index (χ2v) is 6.66. The van der Waals surface area contributed by atoms with E-state index >= 15 is 0 Å². The fourth-order valence-electron chi connectivity index (χ4n) is 2.67. The summed E-state index contributed by atoms with van der Waals surface area (Å²) in [6, 6.07) is 11.9. The van der Waals surface area contributed by atoms with Crippen molar-refractivity contribution < 1.29 is 23.9 Å². The summed E-state index contributed by atoms with van der Waals surface area (Å²) in [5.74, 6) is -2.29. The van der Waals surface area contributed by atoms with Crippen LogP contribution in [-0.4, -0.2) is 41.1 Å². The molecule has 1 atom stereocenters. The van der Waals surface area contributed by atoms with E-state index in [2.05, 4.69) is 15.9 Å². The van der Waals surface area contributed by atoms with Crippen molar-refractivity contribution in [3.8, 4) is 0 Å². The summed E-state index contributed by atoms with van der Waals surface area (Å²) in [4.78, 5) is 50.0. The maximum atomic E-state index is 12.4. The molecule has 0 spiro atoms. The highest BCUT2D eigenvalue weighted by molar-refractivity contribution is 9.10. The van der Waals surface area contributed by atoms with Gasteiger partial charge in [-0.3, -0.25) is 19.3 Å². The maximum Gasteiger partial charge on any atom is 0.329 e. The Hall–Kier alpha value is -2.80. The Kier molecular flexibility index (Phi) is 4.99. The number of Topliss-reactive ketones (excluding diaryl/α,β-unsaturated/α-hetero) is 1. The standard InChI is InChI=1S/C19H14BrNO5/c1-11(21-17(23)14-7-2-3-8-15(14)18(21)24)19(25)26-10-16(22)12-5-4-6-13(20)9-12/h2-9,11H,10H2,1H3/t11-/m0/s1. The van der Waals surface area contributed by atoms with Gasteiger partial charge in [-0.2, -0.15) is 0 Å². The third-order valence-electron chi connectivity index (χ3n) is 4.05. The number of benzene rings is 2. The molecule has 0 bridgehead atoms. The summed E-state index contributed by atoms with van der Waals surface area (Å²) >= 11 is 3.26. The van der Waals surface area contributed by atoms with E-state index in [9.17, 15) is 19.2 Å². The number of hydrogen-bond donors (Lipinski definition) is 0. The molecule has 6 nitrogen and oxygen atoms in total. The van der Waals surface area contributed by atoms with E-state index in [4.69, 9.17) is 4.74 Å². The van der Waals surface area contributed by atoms with Crippen molar-refractivity contribution in [3.63, 3.8) is 0 Å². The van der Waals surface area contributed by atoms with Gasteiger partial charge in [0.05, 0.1) is 11.1 Å². The molecule has 0 aromatic heterocycles. The van der Waals surface area contributed by atoms with Gasteiger partial charge < -0.3 is 4.74 Å². The van der Waals surface area contributed by atoms with Crippen LogP contribution in [0, 0.1) is 0 Å². The summed E-state index contributed by atoms with van der Waals surface area (Å²) < 4.78 is 5.75. The second-order valence-electron chi connectivity index (χ2n) is 5.74. The Morgan fingerprint density at radius 2 is 1.65 bits per heavy atom. The quantitative estimate of drug-likeness (QED) is 0.426. The van der Waals surface area contributed by atoms with Crippen LogP contribution in [0.2, 0.25) is 0 Å². The van der Waals surface area contributed by atoms with Gasteiger partial charge in [0.2, 0.25) is 0 Å². The number of hydrogen-bond acceptors (Lipinski definition) is 5. The van der Waals surface area contributed by atoms with Crippen LogP contribution >= 0.6 is 15.9 Å². The normalized spacial score (nSPS) is 14.2.